The Bertz CT molecular complexity index is 891. The molecule has 172 valence electrons. The van der Waals surface area contributed by atoms with Crippen molar-refractivity contribution in [2.75, 3.05) is 13.1 Å². The number of rotatable bonds is 11. The zero-order valence-electron chi connectivity index (χ0n) is 18.9. The smallest absolute Gasteiger partial charge is 0.251 e. The Balaban J connectivity index is 1.73. The molecule has 2 N–H and O–H groups in total. The van der Waals surface area contributed by atoms with E-state index in [1.165, 1.54) is 16.4 Å². The zero-order valence-corrected chi connectivity index (χ0v) is 19.7. The lowest BCUT2D eigenvalue weighted by Gasteiger charge is -2.26. The van der Waals surface area contributed by atoms with Crippen LogP contribution in [-0.2, 0) is 14.8 Å². The second-order valence-electron chi connectivity index (χ2n) is 9.02. The molecule has 0 saturated heterocycles. The van der Waals surface area contributed by atoms with Crippen molar-refractivity contribution in [2.45, 2.75) is 70.4 Å². The maximum absolute atomic E-state index is 13.0. The first-order valence-corrected chi connectivity index (χ1v) is 12.8. The second-order valence-corrected chi connectivity index (χ2v) is 11.0. The molecule has 31 heavy (non-hydrogen) atoms. The van der Waals surface area contributed by atoms with E-state index < -0.39 is 22.0 Å². The first-order valence-electron chi connectivity index (χ1n) is 11.4. The Kier molecular flexibility index (Phi) is 7.42. The largest absolute Gasteiger partial charge is 0.351 e. The van der Waals surface area contributed by atoms with Crippen LogP contribution in [0.4, 0.5) is 0 Å². The summed E-state index contributed by atoms with van der Waals surface area (Å²) < 4.78 is 26.9. The first kappa shape index (κ1) is 23.7. The molecule has 0 aliphatic heterocycles. The minimum absolute atomic E-state index is 0.0805. The van der Waals surface area contributed by atoms with E-state index in [-0.39, 0.29) is 28.3 Å². The molecule has 2 aliphatic carbocycles. The van der Waals surface area contributed by atoms with Gasteiger partial charge in [0, 0.05) is 24.7 Å². The molecule has 2 aliphatic rings. The van der Waals surface area contributed by atoms with Gasteiger partial charge in [0.2, 0.25) is 15.9 Å². The molecular formula is C23H35N3O4S. The molecule has 1 aromatic carbocycles. The molecule has 0 spiro atoms. The molecule has 0 radical (unpaired) electrons. The molecule has 2 saturated carbocycles. The normalized spacial score (nSPS) is 17.8. The number of carbonyl (C=O) groups excluding carboxylic acids is 2. The molecule has 1 unspecified atom stereocenters. The Morgan fingerprint density at radius 1 is 1.03 bits per heavy atom. The monoisotopic (exact) mass is 449 g/mol. The maximum Gasteiger partial charge on any atom is 0.251 e. The quantitative estimate of drug-likeness (QED) is 0.543. The lowest BCUT2D eigenvalue weighted by Crippen LogP contribution is -2.53. The Hall–Kier alpha value is -1.93. The van der Waals surface area contributed by atoms with Crippen LogP contribution in [0.3, 0.4) is 0 Å². The average Bonchev–Trinajstić information content (AvgIpc) is 3.64. The van der Waals surface area contributed by atoms with Crippen LogP contribution in [0.25, 0.3) is 0 Å². The van der Waals surface area contributed by atoms with E-state index in [1.54, 1.807) is 26.0 Å². The lowest BCUT2D eigenvalue weighted by atomic mass is 10.0. The van der Waals surface area contributed by atoms with E-state index in [2.05, 4.69) is 10.6 Å². The summed E-state index contributed by atoms with van der Waals surface area (Å²) in [7, 11) is -3.67. The van der Waals surface area contributed by atoms with Crippen LogP contribution in [0.15, 0.2) is 29.2 Å². The summed E-state index contributed by atoms with van der Waals surface area (Å²) in [5.41, 5.74) is 0.229. The van der Waals surface area contributed by atoms with Crippen molar-refractivity contribution in [3.05, 3.63) is 29.8 Å². The fourth-order valence-electron chi connectivity index (χ4n) is 4.06. The highest BCUT2D eigenvalue weighted by atomic mass is 32.2. The molecule has 2 amide bonds. The maximum atomic E-state index is 13.0. The van der Waals surface area contributed by atoms with Gasteiger partial charge in [-0.3, -0.25) is 9.59 Å². The van der Waals surface area contributed by atoms with Crippen LogP contribution in [-0.4, -0.2) is 49.7 Å². The van der Waals surface area contributed by atoms with Gasteiger partial charge in [-0.2, -0.15) is 4.31 Å². The van der Waals surface area contributed by atoms with Crippen molar-refractivity contribution < 1.29 is 18.0 Å². The van der Waals surface area contributed by atoms with Crippen molar-refractivity contribution in [1.82, 2.24) is 14.9 Å². The Labute approximate surface area is 186 Å². The minimum Gasteiger partial charge on any atom is -0.351 e. The van der Waals surface area contributed by atoms with Gasteiger partial charge in [0.15, 0.2) is 0 Å². The fourth-order valence-corrected chi connectivity index (χ4v) is 5.56. The van der Waals surface area contributed by atoms with Gasteiger partial charge in [0.05, 0.1) is 4.90 Å². The Morgan fingerprint density at radius 2 is 1.61 bits per heavy atom. The van der Waals surface area contributed by atoms with Gasteiger partial charge >= 0.3 is 0 Å². The van der Waals surface area contributed by atoms with Gasteiger partial charge in [-0.15, -0.1) is 0 Å². The van der Waals surface area contributed by atoms with E-state index in [4.69, 9.17) is 0 Å². The topological polar surface area (TPSA) is 95.6 Å². The second kappa shape index (κ2) is 9.69. The van der Waals surface area contributed by atoms with Crippen LogP contribution in [0, 0.1) is 17.8 Å². The molecule has 3 rings (SSSR count). The summed E-state index contributed by atoms with van der Waals surface area (Å²) in [6.07, 6.45) is 4.64. The van der Waals surface area contributed by atoms with Crippen LogP contribution in [0.2, 0.25) is 0 Å². The van der Waals surface area contributed by atoms with Crippen molar-refractivity contribution >= 4 is 21.8 Å². The van der Waals surface area contributed by atoms with Crippen LogP contribution in [0.1, 0.15) is 63.7 Å². The molecule has 0 bridgehead atoms. The number of nitrogens with one attached hydrogen (secondary N) is 2. The van der Waals surface area contributed by atoms with E-state index >= 15 is 0 Å². The molecule has 8 heteroatoms. The van der Waals surface area contributed by atoms with E-state index in [9.17, 15) is 18.0 Å². The number of nitrogens with zero attached hydrogens (tertiary/aromatic N) is 1. The molecule has 0 aromatic heterocycles. The third-order valence-electron chi connectivity index (χ3n) is 6.24. The summed E-state index contributed by atoms with van der Waals surface area (Å²) in [6.45, 7) is 8.06. The highest BCUT2D eigenvalue weighted by Crippen LogP contribution is 2.44. The standard InChI is InChI=1S/C23H35N3O4S/c1-5-26(6-2)31(29,30)19-9-7-8-18(14-19)22(27)24-20(15(3)4)23(28)25-21(16-10-11-16)17-12-13-17/h7-9,14-17,20-21H,5-6,10-13H2,1-4H3,(H,24,27)(H,25,28). The molecule has 7 nitrogen and oxygen atoms in total. The predicted molar refractivity (Wildman–Crippen MR) is 120 cm³/mol. The van der Waals surface area contributed by atoms with Gasteiger partial charge in [-0.1, -0.05) is 33.8 Å². The van der Waals surface area contributed by atoms with E-state index in [0.717, 1.165) is 25.7 Å². The minimum atomic E-state index is -3.67. The summed E-state index contributed by atoms with van der Waals surface area (Å²) in [4.78, 5) is 26.0. The molecule has 2 fully saturated rings. The Morgan fingerprint density at radius 3 is 2.10 bits per heavy atom. The van der Waals surface area contributed by atoms with Crippen molar-refractivity contribution in [2.24, 2.45) is 17.8 Å². The van der Waals surface area contributed by atoms with Crippen LogP contribution in [0.5, 0.6) is 0 Å². The summed E-state index contributed by atoms with van der Waals surface area (Å²) in [5, 5.41) is 6.02. The van der Waals surface area contributed by atoms with Gasteiger partial charge in [-0.25, -0.2) is 8.42 Å². The lowest BCUT2D eigenvalue weighted by molar-refractivity contribution is -0.125. The highest BCUT2D eigenvalue weighted by Gasteiger charge is 2.43. The summed E-state index contributed by atoms with van der Waals surface area (Å²) in [5.74, 6) is 0.452. The number of sulfonamides is 1. The van der Waals surface area contributed by atoms with Crippen molar-refractivity contribution in [1.29, 1.82) is 0 Å². The van der Waals surface area contributed by atoms with Crippen LogP contribution >= 0.6 is 0 Å². The SMILES string of the molecule is CCN(CC)S(=O)(=O)c1cccc(C(=O)NC(C(=O)NC(C2CC2)C2CC2)C(C)C)c1. The average molecular weight is 450 g/mol. The number of carbonyl (C=O) groups is 2. The van der Waals surface area contributed by atoms with Crippen molar-refractivity contribution in [3.63, 3.8) is 0 Å². The van der Waals surface area contributed by atoms with Gasteiger partial charge < -0.3 is 10.6 Å². The number of amides is 2. The summed E-state index contributed by atoms with van der Waals surface area (Å²) in [6, 6.07) is 5.56. The van der Waals surface area contributed by atoms with Gasteiger partial charge in [0.25, 0.3) is 5.91 Å². The highest BCUT2D eigenvalue weighted by molar-refractivity contribution is 7.89. The number of hydrogen-bond donors (Lipinski definition) is 2. The molecule has 1 atom stereocenters. The number of benzene rings is 1. The van der Waals surface area contributed by atoms with Gasteiger partial charge in [0.1, 0.15) is 6.04 Å². The predicted octanol–water partition coefficient (Wildman–Crippen LogP) is 2.78. The van der Waals surface area contributed by atoms with E-state index in [1.807, 2.05) is 13.8 Å². The van der Waals surface area contributed by atoms with Crippen LogP contribution < -0.4 is 10.6 Å². The zero-order chi connectivity index (χ0) is 22.8. The fraction of sp³-hybridized carbons (Fsp3) is 0.652. The molecule has 0 heterocycles. The van der Waals surface area contributed by atoms with Gasteiger partial charge in [-0.05, 0) is 61.6 Å². The third kappa shape index (κ3) is 5.66. The molecule has 1 aromatic rings. The first-order chi connectivity index (χ1) is 14.7. The van der Waals surface area contributed by atoms with Crippen molar-refractivity contribution in [3.8, 4) is 0 Å². The molecular weight excluding hydrogens is 414 g/mol. The summed E-state index contributed by atoms with van der Waals surface area (Å²) >= 11 is 0. The number of hydrogen-bond acceptors (Lipinski definition) is 4. The third-order valence-corrected chi connectivity index (χ3v) is 8.29. The van der Waals surface area contributed by atoms with E-state index in [0.29, 0.717) is 24.9 Å².